The summed E-state index contributed by atoms with van der Waals surface area (Å²) < 4.78 is 0.626. The number of carbonyl (C=O) groups is 2. The van der Waals surface area contributed by atoms with E-state index in [1.807, 2.05) is 0 Å². The van der Waals surface area contributed by atoms with E-state index >= 15 is 0 Å². The van der Waals surface area contributed by atoms with Gasteiger partial charge in [0.2, 0.25) is 0 Å². The van der Waals surface area contributed by atoms with Crippen molar-refractivity contribution >= 4 is 41.0 Å². The van der Waals surface area contributed by atoms with E-state index < -0.39 is 16.4 Å². The maximum atomic E-state index is 11.5. The first-order valence-corrected chi connectivity index (χ1v) is 7.62. The fourth-order valence-electron chi connectivity index (χ4n) is 1.74. The third-order valence-electron chi connectivity index (χ3n) is 2.76. The SMILES string of the molecule is CCCCCC(CCN1SC(Cl)C(=O)C1=O)=NOC. The van der Waals surface area contributed by atoms with Gasteiger partial charge in [0.05, 0.1) is 5.71 Å². The Morgan fingerprint density at radius 1 is 1.42 bits per heavy atom. The number of halogens is 1. The molecule has 1 aliphatic heterocycles. The van der Waals surface area contributed by atoms with Crippen molar-refractivity contribution in [1.29, 1.82) is 0 Å². The number of alkyl halides is 1. The lowest BCUT2D eigenvalue weighted by atomic mass is 10.1. The second-order valence-corrected chi connectivity index (χ2v) is 6.06. The molecule has 7 heteroatoms. The summed E-state index contributed by atoms with van der Waals surface area (Å²) in [6.45, 7) is 2.58. The van der Waals surface area contributed by atoms with Gasteiger partial charge in [-0.05, 0) is 24.8 Å². The van der Waals surface area contributed by atoms with Gasteiger partial charge in [0.15, 0.2) is 4.71 Å². The van der Waals surface area contributed by atoms with Crippen LogP contribution in [0.15, 0.2) is 5.16 Å². The van der Waals surface area contributed by atoms with Crippen molar-refractivity contribution in [1.82, 2.24) is 4.31 Å². The summed E-state index contributed by atoms with van der Waals surface area (Å²) in [7, 11) is 1.51. The van der Waals surface area contributed by atoms with Gasteiger partial charge in [-0.25, -0.2) is 0 Å². The highest BCUT2D eigenvalue weighted by atomic mass is 35.5. The molecule has 0 N–H and O–H groups in total. The smallest absolute Gasteiger partial charge is 0.302 e. The van der Waals surface area contributed by atoms with Crippen molar-refractivity contribution in [2.75, 3.05) is 13.7 Å². The fourth-order valence-corrected chi connectivity index (χ4v) is 2.92. The molecule has 0 saturated carbocycles. The third kappa shape index (κ3) is 5.03. The van der Waals surface area contributed by atoms with Gasteiger partial charge in [-0.15, -0.1) is 0 Å². The van der Waals surface area contributed by atoms with Crippen molar-refractivity contribution < 1.29 is 14.4 Å². The zero-order chi connectivity index (χ0) is 14.3. The zero-order valence-electron chi connectivity index (χ0n) is 11.2. The van der Waals surface area contributed by atoms with Crippen LogP contribution in [0.4, 0.5) is 0 Å². The fraction of sp³-hybridized carbons (Fsp3) is 0.750. The predicted octanol–water partition coefficient (Wildman–Crippen LogP) is 2.58. The van der Waals surface area contributed by atoms with Crippen molar-refractivity contribution in [3.8, 4) is 0 Å². The Bertz CT molecular complexity index is 363. The maximum absolute atomic E-state index is 11.5. The van der Waals surface area contributed by atoms with Gasteiger partial charge < -0.3 is 4.84 Å². The second kappa shape index (κ2) is 8.43. The number of oxime groups is 1. The number of amides is 1. The number of ketones is 1. The Kier molecular flexibility index (Phi) is 7.23. The van der Waals surface area contributed by atoms with Gasteiger partial charge in [0, 0.05) is 13.0 Å². The van der Waals surface area contributed by atoms with Crippen LogP contribution in [0, 0.1) is 0 Å². The van der Waals surface area contributed by atoms with Crippen molar-refractivity contribution in [2.24, 2.45) is 5.16 Å². The van der Waals surface area contributed by atoms with Gasteiger partial charge in [0.25, 0.3) is 5.78 Å². The molecule has 0 aromatic heterocycles. The topological polar surface area (TPSA) is 59.0 Å². The van der Waals surface area contributed by atoms with Crippen LogP contribution in [-0.4, -0.2) is 40.1 Å². The standard InChI is InChI=1S/C12H19ClN2O3S/c1-3-4-5-6-9(14-18-2)7-8-15-12(17)10(16)11(13)19-15/h11H,3-8H2,1-2H3. The number of nitrogens with zero attached hydrogens (tertiary/aromatic N) is 2. The molecule has 1 unspecified atom stereocenters. The van der Waals surface area contributed by atoms with Crippen LogP contribution in [0.5, 0.6) is 0 Å². The molecule has 5 nitrogen and oxygen atoms in total. The molecule has 19 heavy (non-hydrogen) atoms. The minimum atomic E-state index is -0.782. The normalized spacial score (nSPS) is 20.3. The number of hydrogen-bond acceptors (Lipinski definition) is 5. The molecule has 1 atom stereocenters. The van der Waals surface area contributed by atoms with E-state index in [9.17, 15) is 9.59 Å². The van der Waals surface area contributed by atoms with E-state index in [2.05, 4.69) is 12.1 Å². The van der Waals surface area contributed by atoms with Crippen LogP contribution in [-0.2, 0) is 14.4 Å². The van der Waals surface area contributed by atoms with E-state index in [1.54, 1.807) is 0 Å². The molecule has 1 amide bonds. The zero-order valence-corrected chi connectivity index (χ0v) is 12.8. The number of Topliss-reactive ketones (excluding diaryl/α,β-unsaturated/α-hetero) is 1. The molecule has 1 fully saturated rings. The Morgan fingerprint density at radius 2 is 2.16 bits per heavy atom. The van der Waals surface area contributed by atoms with Crippen LogP contribution < -0.4 is 0 Å². The average Bonchev–Trinajstić information content (AvgIpc) is 2.64. The van der Waals surface area contributed by atoms with Crippen LogP contribution >= 0.6 is 23.5 Å². The molecule has 1 aliphatic rings. The molecular weight excluding hydrogens is 288 g/mol. The first-order chi connectivity index (χ1) is 9.10. The summed E-state index contributed by atoms with van der Waals surface area (Å²) in [4.78, 5) is 27.6. The largest absolute Gasteiger partial charge is 0.399 e. The molecule has 1 rings (SSSR count). The highest BCUT2D eigenvalue weighted by molar-refractivity contribution is 8.01. The van der Waals surface area contributed by atoms with E-state index in [0.717, 1.165) is 43.3 Å². The summed E-state index contributed by atoms with van der Waals surface area (Å²) in [5, 5.41) is 3.97. The summed E-state index contributed by atoms with van der Waals surface area (Å²) in [6.07, 6.45) is 4.79. The highest BCUT2D eigenvalue weighted by Gasteiger charge is 2.38. The Morgan fingerprint density at radius 3 is 2.68 bits per heavy atom. The summed E-state index contributed by atoms with van der Waals surface area (Å²) >= 11 is 6.80. The van der Waals surface area contributed by atoms with E-state index in [1.165, 1.54) is 11.4 Å². The summed E-state index contributed by atoms with van der Waals surface area (Å²) in [5.74, 6) is -1.06. The number of carbonyl (C=O) groups excluding carboxylic acids is 2. The van der Waals surface area contributed by atoms with Gasteiger partial charge in [-0.1, -0.05) is 36.5 Å². The summed E-state index contributed by atoms with van der Waals surface area (Å²) in [6, 6.07) is 0. The molecule has 1 saturated heterocycles. The highest BCUT2D eigenvalue weighted by Crippen LogP contribution is 2.29. The van der Waals surface area contributed by atoms with Crippen LogP contribution in [0.25, 0.3) is 0 Å². The van der Waals surface area contributed by atoms with Crippen LogP contribution in [0.3, 0.4) is 0 Å². The van der Waals surface area contributed by atoms with E-state index in [0.29, 0.717) is 13.0 Å². The lowest BCUT2D eigenvalue weighted by Gasteiger charge is -2.13. The molecule has 108 valence electrons. The molecule has 0 aliphatic carbocycles. The molecule has 0 radical (unpaired) electrons. The number of unbranched alkanes of at least 4 members (excludes halogenated alkanes) is 2. The lowest BCUT2D eigenvalue weighted by Crippen LogP contribution is -2.26. The van der Waals surface area contributed by atoms with Crippen molar-refractivity contribution in [2.45, 2.75) is 43.7 Å². The first kappa shape index (κ1) is 16.3. The predicted molar refractivity (Wildman–Crippen MR) is 77.2 cm³/mol. The van der Waals surface area contributed by atoms with Crippen LogP contribution in [0.2, 0.25) is 0 Å². The quantitative estimate of drug-likeness (QED) is 0.173. The van der Waals surface area contributed by atoms with Crippen molar-refractivity contribution in [3.05, 3.63) is 0 Å². The molecule has 0 spiro atoms. The minimum Gasteiger partial charge on any atom is -0.399 e. The maximum Gasteiger partial charge on any atom is 0.302 e. The minimum absolute atomic E-state index is 0.437. The Balaban J connectivity index is 2.42. The average molecular weight is 307 g/mol. The molecule has 1 heterocycles. The Labute approximate surface area is 122 Å². The first-order valence-electron chi connectivity index (χ1n) is 6.35. The molecule has 0 aromatic rings. The molecular formula is C12H19ClN2O3S. The lowest BCUT2D eigenvalue weighted by molar-refractivity contribution is -0.138. The van der Waals surface area contributed by atoms with Crippen LogP contribution in [0.1, 0.15) is 39.0 Å². The number of hydrogen-bond donors (Lipinski definition) is 0. The summed E-state index contributed by atoms with van der Waals surface area (Å²) in [5.41, 5.74) is 0.912. The number of rotatable bonds is 8. The van der Waals surface area contributed by atoms with E-state index in [-0.39, 0.29) is 0 Å². The Hall–Kier alpha value is -0.750. The molecule has 0 bridgehead atoms. The van der Waals surface area contributed by atoms with Crippen molar-refractivity contribution in [3.63, 3.8) is 0 Å². The van der Waals surface area contributed by atoms with E-state index in [4.69, 9.17) is 16.4 Å². The molecule has 0 aromatic carbocycles. The van der Waals surface area contributed by atoms with Gasteiger partial charge >= 0.3 is 5.91 Å². The van der Waals surface area contributed by atoms with Gasteiger partial charge in [-0.3, -0.25) is 13.9 Å². The van der Waals surface area contributed by atoms with Gasteiger partial charge in [-0.2, -0.15) is 0 Å². The van der Waals surface area contributed by atoms with Gasteiger partial charge in [0.1, 0.15) is 7.11 Å². The monoisotopic (exact) mass is 306 g/mol. The second-order valence-electron chi connectivity index (χ2n) is 4.24. The third-order valence-corrected chi connectivity index (χ3v) is 4.20.